The van der Waals surface area contributed by atoms with Crippen molar-refractivity contribution in [1.29, 1.82) is 0 Å². The summed E-state index contributed by atoms with van der Waals surface area (Å²) in [7, 11) is -3.76. The average Bonchev–Trinajstić information content (AvgIpc) is 2.71. The number of aromatic nitrogens is 2. The van der Waals surface area contributed by atoms with E-state index in [4.69, 9.17) is 0 Å². The first-order chi connectivity index (χ1) is 13.1. The van der Waals surface area contributed by atoms with Crippen molar-refractivity contribution in [3.8, 4) is 0 Å². The Kier molecular flexibility index (Phi) is 4.73. The SMILES string of the molecule is O=S1(=O)c2ccccc2[C@@H](O)[C@H](Cc2ccccn2)N1Cc1ccncc1. The van der Waals surface area contributed by atoms with Gasteiger partial charge in [0.05, 0.1) is 17.0 Å². The molecule has 138 valence electrons. The van der Waals surface area contributed by atoms with E-state index in [9.17, 15) is 13.5 Å². The second-order valence-corrected chi connectivity index (χ2v) is 8.34. The lowest BCUT2D eigenvalue weighted by Crippen LogP contribution is -2.48. The van der Waals surface area contributed by atoms with Gasteiger partial charge in [0.15, 0.2) is 0 Å². The summed E-state index contributed by atoms with van der Waals surface area (Å²) in [5, 5.41) is 11.0. The van der Waals surface area contributed by atoms with Crippen LogP contribution < -0.4 is 0 Å². The van der Waals surface area contributed by atoms with Gasteiger partial charge in [-0.3, -0.25) is 9.97 Å². The number of rotatable bonds is 4. The highest BCUT2D eigenvalue weighted by atomic mass is 32.2. The lowest BCUT2D eigenvalue weighted by atomic mass is 9.97. The third kappa shape index (κ3) is 3.37. The summed E-state index contributed by atoms with van der Waals surface area (Å²) in [5.74, 6) is 0. The van der Waals surface area contributed by atoms with Crippen LogP contribution in [-0.4, -0.2) is 33.8 Å². The molecule has 7 heteroatoms. The van der Waals surface area contributed by atoms with Crippen molar-refractivity contribution in [2.24, 2.45) is 0 Å². The Morgan fingerprint density at radius 2 is 1.70 bits per heavy atom. The normalized spacial score (nSPS) is 21.5. The first-order valence-electron chi connectivity index (χ1n) is 8.65. The van der Waals surface area contributed by atoms with E-state index < -0.39 is 22.2 Å². The number of aliphatic hydroxyl groups is 1. The predicted octanol–water partition coefficient (Wildman–Crippen LogP) is 2.33. The molecule has 0 saturated heterocycles. The summed E-state index contributed by atoms with van der Waals surface area (Å²) in [4.78, 5) is 8.45. The number of pyridine rings is 2. The van der Waals surface area contributed by atoms with E-state index in [1.54, 1.807) is 55.0 Å². The molecule has 2 aromatic heterocycles. The van der Waals surface area contributed by atoms with E-state index in [-0.39, 0.29) is 11.4 Å². The molecule has 0 unspecified atom stereocenters. The first-order valence-corrected chi connectivity index (χ1v) is 10.1. The van der Waals surface area contributed by atoms with E-state index in [0.717, 1.165) is 11.3 Å². The highest BCUT2D eigenvalue weighted by Crippen LogP contribution is 2.38. The maximum Gasteiger partial charge on any atom is 0.244 e. The molecule has 0 radical (unpaired) electrons. The summed E-state index contributed by atoms with van der Waals surface area (Å²) >= 11 is 0. The maximum atomic E-state index is 13.3. The van der Waals surface area contributed by atoms with E-state index >= 15 is 0 Å². The smallest absolute Gasteiger partial charge is 0.244 e. The van der Waals surface area contributed by atoms with E-state index in [2.05, 4.69) is 9.97 Å². The van der Waals surface area contributed by atoms with Crippen molar-refractivity contribution in [2.45, 2.75) is 30.0 Å². The van der Waals surface area contributed by atoms with Gasteiger partial charge in [-0.15, -0.1) is 0 Å². The molecule has 0 spiro atoms. The molecule has 4 rings (SSSR count). The summed E-state index contributed by atoms with van der Waals surface area (Å²) in [6.07, 6.45) is 4.31. The lowest BCUT2D eigenvalue weighted by molar-refractivity contribution is 0.0764. The van der Waals surface area contributed by atoms with Crippen LogP contribution in [0.2, 0.25) is 0 Å². The maximum absolute atomic E-state index is 13.3. The van der Waals surface area contributed by atoms with Crippen LogP contribution in [0, 0.1) is 0 Å². The third-order valence-corrected chi connectivity index (χ3v) is 6.74. The van der Waals surface area contributed by atoms with Gasteiger partial charge in [0.1, 0.15) is 0 Å². The molecule has 0 aliphatic carbocycles. The molecular formula is C20H19N3O3S. The Morgan fingerprint density at radius 3 is 2.44 bits per heavy atom. The molecule has 27 heavy (non-hydrogen) atoms. The number of benzene rings is 1. The van der Waals surface area contributed by atoms with Crippen LogP contribution in [0.15, 0.2) is 78.1 Å². The Balaban J connectivity index is 1.80. The number of fused-ring (bicyclic) bond motifs is 1. The average molecular weight is 381 g/mol. The van der Waals surface area contributed by atoms with Gasteiger partial charge in [0, 0.05) is 42.8 Å². The van der Waals surface area contributed by atoms with Crippen LogP contribution in [0.1, 0.15) is 22.9 Å². The third-order valence-electron chi connectivity index (χ3n) is 4.79. The molecule has 1 N–H and O–H groups in total. The molecule has 0 fully saturated rings. The molecule has 0 bridgehead atoms. The molecule has 0 saturated carbocycles. The summed E-state index contributed by atoms with van der Waals surface area (Å²) in [5.41, 5.74) is 1.98. The molecule has 0 amide bonds. The van der Waals surface area contributed by atoms with Crippen molar-refractivity contribution < 1.29 is 13.5 Å². The largest absolute Gasteiger partial charge is 0.387 e. The Morgan fingerprint density at radius 1 is 0.963 bits per heavy atom. The number of aliphatic hydroxyl groups excluding tert-OH is 1. The zero-order valence-electron chi connectivity index (χ0n) is 14.5. The lowest BCUT2D eigenvalue weighted by Gasteiger charge is -2.39. The molecule has 3 aromatic rings. The number of hydrogen-bond donors (Lipinski definition) is 1. The van der Waals surface area contributed by atoms with Crippen molar-refractivity contribution >= 4 is 10.0 Å². The van der Waals surface area contributed by atoms with Gasteiger partial charge in [0.2, 0.25) is 10.0 Å². The highest BCUT2D eigenvalue weighted by Gasteiger charge is 2.43. The van der Waals surface area contributed by atoms with Crippen molar-refractivity contribution in [3.63, 3.8) is 0 Å². The summed E-state index contributed by atoms with van der Waals surface area (Å²) in [6, 6.07) is 15.0. The van der Waals surface area contributed by atoms with Crippen LogP contribution in [0.3, 0.4) is 0 Å². The molecule has 1 aliphatic rings. The van der Waals surface area contributed by atoms with Crippen LogP contribution in [-0.2, 0) is 23.0 Å². The van der Waals surface area contributed by atoms with Crippen molar-refractivity contribution in [2.75, 3.05) is 0 Å². The Hall–Kier alpha value is -2.61. The second-order valence-electron chi connectivity index (χ2n) is 6.48. The fourth-order valence-electron chi connectivity index (χ4n) is 3.45. The Bertz CT molecular complexity index is 1030. The molecule has 1 aliphatic heterocycles. The Labute approximate surface area is 158 Å². The molecule has 6 nitrogen and oxygen atoms in total. The molecule has 2 atom stereocenters. The van der Waals surface area contributed by atoms with Gasteiger partial charge in [-0.25, -0.2) is 8.42 Å². The monoisotopic (exact) mass is 381 g/mol. The molecular weight excluding hydrogens is 362 g/mol. The van der Waals surface area contributed by atoms with E-state index in [1.165, 1.54) is 4.31 Å². The topological polar surface area (TPSA) is 83.4 Å². The van der Waals surface area contributed by atoms with Crippen LogP contribution in [0.5, 0.6) is 0 Å². The van der Waals surface area contributed by atoms with Crippen LogP contribution in [0.25, 0.3) is 0 Å². The quantitative estimate of drug-likeness (QED) is 0.750. The van der Waals surface area contributed by atoms with Crippen LogP contribution in [0.4, 0.5) is 0 Å². The fraction of sp³-hybridized carbons (Fsp3) is 0.200. The van der Waals surface area contributed by atoms with E-state index in [1.807, 2.05) is 18.2 Å². The van der Waals surface area contributed by atoms with Gasteiger partial charge < -0.3 is 5.11 Å². The standard InChI is InChI=1S/C20H19N3O3S/c24-20-17-6-1-2-7-19(17)27(25,26)23(14-15-8-11-21-12-9-15)18(20)13-16-5-3-4-10-22-16/h1-12,18,20,24H,13-14H2/t18-,20+/m0/s1. The summed E-state index contributed by atoms with van der Waals surface area (Å²) in [6.45, 7) is 0.160. The minimum Gasteiger partial charge on any atom is -0.387 e. The number of nitrogens with zero attached hydrogens (tertiary/aromatic N) is 3. The molecule has 1 aromatic carbocycles. The second kappa shape index (κ2) is 7.19. The van der Waals surface area contributed by atoms with Crippen molar-refractivity contribution in [3.05, 3.63) is 90.0 Å². The van der Waals surface area contributed by atoms with E-state index in [0.29, 0.717) is 12.0 Å². The van der Waals surface area contributed by atoms with Gasteiger partial charge in [-0.1, -0.05) is 24.3 Å². The fourth-order valence-corrected chi connectivity index (χ4v) is 5.30. The minimum atomic E-state index is -3.76. The highest BCUT2D eigenvalue weighted by molar-refractivity contribution is 7.89. The van der Waals surface area contributed by atoms with Gasteiger partial charge in [0.25, 0.3) is 0 Å². The zero-order valence-corrected chi connectivity index (χ0v) is 15.3. The van der Waals surface area contributed by atoms with Gasteiger partial charge in [-0.05, 0) is 35.9 Å². The number of sulfonamides is 1. The van der Waals surface area contributed by atoms with Crippen LogP contribution >= 0.6 is 0 Å². The zero-order chi connectivity index (χ0) is 18.9. The van der Waals surface area contributed by atoms with Gasteiger partial charge in [-0.2, -0.15) is 4.31 Å². The number of hydrogen-bond acceptors (Lipinski definition) is 5. The van der Waals surface area contributed by atoms with Crippen molar-refractivity contribution in [1.82, 2.24) is 14.3 Å². The van der Waals surface area contributed by atoms with Gasteiger partial charge >= 0.3 is 0 Å². The molecule has 3 heterocycles. The summed E-state index contributed by atoms with van der Waals surface area (Å²) < 4.78 is 28.0. The predicted molar refractivity (Wildman–Crippen MR) is 100 cm³/mol. The first kappa shape index (κ1) is 17.8. The minimum absolute atomic E-state index is 0.156.